The molecule has 0 unspecified atom stereocenters. The Hall–Kier alpha value is -2.83. The first-order valence-electron chi connectivity index (χ1n) is 8.14. The summed E-state index contributed by atoms with van der Waals surface area (Å²) < 4.78 is 108. The molecule has 0 aromatic heterocycles. The Labute approximate surface area is 179 Å². The van der Waals surface area contributed by atoms with E-state index in [9.17, 15) is 34.4 Å². The molecule has 0 amide bonds. The minimum absolute atomic E-state index is 0.0202. The van der Waals surface area contributed by atoms with E-state index in [0.29, 0.717) is 24.3 Å². The van der Waals surface area contributed by atoms with Gasteiger partial charge in [0.2, 0.25) is 0 Å². The van der Waals surface area contributed by atoms with Crippen molar-refractivity contribution in [3.63, 3.8) is 0 Å². The van der Waals surface area contributed by atoms with Gasteiger partial charge in [-0.1, -0.05) is 11.6 Å². The van der Waals surface area contributed by atoms with Gasteiger partial charge in [0.05, 0.1) is 11.4 Å². The molecule has 0 aliphatic rings. The van der Waals surface area contributed by atoms with Crippen LogP contribution in [-0.4, -0.2) is 16.8 Å². The fourth-order valence-corrected chi connectivity index (χ4v) is 4.92. The Bertz CT molecular complexity index is 1380. The highest BCUT2D eigenvalue weighted by molar-refractivity contribution is 7.93. The molecule has 0 bridgehead atoms. The highest BCUT2D eigenvalue weighted by Crippen LogP contribution is 2.31. The van der Waals surface area contributed by atoms with E-state index in [1.165, 1.54) is 6.07 Å². The summed E-state index contributed by atoms with van der Waals surface area (Å²) in [6, 6.07) is 6.80. The van der Waals surface area contributed by atoms with E-state index in [-0.39, 0.29) is 10.7 Å². The first-order chi connectivity index (χ1) is 14.4. The first kappa shape index (κ1) is 22.8. The zero-order valence-electron chi connectivity index (χ0n) is 15.0. The second-order valence-electron chi connectivity index (χ2n) is 6.05. The Morgan fingerprint density at radius 3 is 1.52 bits per heavy atom. The van der Waals surface area contributed by atoms with Gasteiger partial charge < -0.3 is 0 Å². The zero-order chi connectivity index (χ0) is 23.0. The van der Waals surface area contributed by atoms with Crippen molar-refractivity contribution in [3.05, 3.63) is 82.9 Å². The number of nitrogens with one attached hydrogen (secondary N) is 2. The van der Waals surface area contributed by atoms with Gasteiger partial charge in [0.1, 0.15) is 33.1 Å². The van der Waals surface area contributed by atoms with Crippen molar-refractivity contribution in [3.8, 4) is 0 Å². The van der Waals surface area contributed by atoms with Crippen LogP contribution >= 0.6 is 11.6 Å². The van der Waals surface area contributed by atoms with Crippen molar-refractivity contribution in [1.82, 2.24) is 0 Å². The SMILES string of the molecule is O=S(=O)(Nc1ccc(Cl)cc1NS(=O)(=O)c1ccc(F)cc1F)c1ccc(F)cc1F. The van der Waals surface area contributed by atoms with Crippen LogP contribution in [-0.2, 0) is 20.0 Å². The first-order valence-corrected chi connectivity index (χ1v) is 11.5. The molecule has 6 nitrogen and oxygen atoms in total. The summed E-state index contributed by atoms with van der Waals surface area (Å²) in [6.07, 6.45) is 0. The van der Waals surface area contributed by atoms with E-state index in [2.05, 4.69) is 0 Å². The van der Waals surface area contributed by atoms with Crippen LogP contribution in [0.2, 0.25) is 5.02 Å². The fourth-order valence-electron chi connectivity index (χ4n) is 2.48. The molecule has 31 heavy (non-hydrogen) atoms. The molecule has 3 rings (SSSR count). The molecule has 0 aliphatic heterocycles. The number of halogens is 5. The van der Waals surface area contributed by atoms with Gasteiger partial charge in [-0.2, -0.15) is 0 Å². The maximum Gasteiger partial charge on any atom is 0.264 e. The number of hydrogen-bond acceptors (Lipinski definition) is 4. The smallest absolute Gasteiger partial charge is 0.264 e. The van der Waals surface area contributed by atoms with Crippen LogP contribution in [0, 0.1) is 23.3 Å². The Kier molecular flexibility index (Phi) is 6.16. The van der Waals surface area contributed by atoms with Gasteiger partial charge in [-0.3, -0.25) is 9.44 Å². The Balaban J connectivity index is 2.01. The topological polar surface area (TPSA) is 92.3 Å². The summed E-state index contributed by atoms with van der Waals surface area (Å²) in [4.78, 5) is -1.81. The standard InChI is InChI=1S/C18H11ClF4N2O4S2/c19-10-1-4-15(24-30(26,27)17-5-2-11(20)8-13(17)22)16(7-10)25-31(28,29)18-6-3-12(21)9-14(18)23/h1-9,24-25H. The Morgan fingerprint density at radius 1 is 0.613 bits per heavy atom. The van der Waals surface area contributed by atoms with Crippen molar-refractivity contribution < 1.29 is 34.4 Å². The highest BCUT2D eigenvalue weighted by atomic mass is 35.5. The molecule has 0 fully saturated rings. The minimum atomic E-state index is -4.64. The van der Waals surface area contributed by atoms with Gasteiger partial charge in [-0.25, -0.2) is 34.4 Å². The van der Waals surface area contributed by atoms with Crippen LogP contribution in [0.3, 0.4) is 0 Å². The molecular formula is C18H11ClF4N2O4S2. The number of hydrogen-bond donors (Lipinski definition) is 2. The normalized spacial score (nSPS) is 11.9. The van der Waals surface area contributed by atoms with Crippen LogP contribution in [0.5, 0.6) is 0 Å². The highest BCUT2D eigenvalue weighted by Gasteiger charge is 2.24. The van der Waals surface area contributed by atoms with Gasteiger partial charge in [-0.05, 0) is 42.5 Å². The molecule has 0 saturated heterocycles. The quantitative estimate of drug-likeness (QED) is 0.494. The number of sulfonamides is 2. The predicted molar refractivity (Wildman–Crippen MR) is 106 cm³/mol. The van der Waals surface area contributed by atoms with Crippen molar-refractivity contribution in [2.24, 2.45) is 0 Å². The average Bonchev–Trinajstić information content (AvgIpc) is 2.63. The van der Waals surface area contributed by atoms with Crippen LogP contribution in [0.25, 0.3) is 0 Å². The summed E-state index contributed by atoms with van der Waals surface area (Å²) in [5.41, 5.74) is -0.818. The lowest BCUT2D eigenvalue weighted by molar-refractivity contribution is 0.549. The number of rotatable bonds is 6. The van der Waals surface area contributed by atoms with Gasteiger partial charge in [0, 0.05) is 17.2 Å². The summed E-state index contributed by atoms with van der Waals surface area (Å²) in [5, 5.41) is -0.0202. The molecule has 0 aliphatic carbocycles. The van der Waals surface area contributed by atoms with E-state index in [1.807, 2.05) is 9.44 Å². The molecule has 2 N–H and O–H groups in total. The second-order valence-corrected chi connectivity index (χ2v) is 9.79. The third kappa shape index (κ3) is 5.09. The van der Waals surface area contributed by atoms with Crippen molar-refractivity contribution in [1.29, 1.82) is 0 Å². The summed E-state index contributed by atoms with van der Waals surface area (Å²) in [5.74, 6) is -4.77. The lowest BCUT2D eigenvalue weighted by atomic mass is 10.3. The van der Waals surface area contributed by atoms with Gasteiger partial charge in [-0.15, -0.1) is 0 Å². The molecule has 0 heterocycles. The molecule has 0 radical (unpaired) electrons. The third-order valence-corrected chi connectivity index (χ3v) is 6.87. The second kappa shape index (κ2) is 8.36. The summed E-state index contributed by atoms with van der Waals surface area (Å²) in [7, 11) is -9.27. The maximum absolute atomic E-state index is 13.9. The van der Waals surface area contributed by atoms with Crippen molar-refractivity contribution in [2.75, 3.05) is 9.44 Å². The van der Waals surface area contributed by atoms with E-state index in [1.54, 1.807) is 0 Å². The van der Waals surface area contributed by atoms with Crippen LogP contribution in [0.15, 0.2) is 64.4 Å². The molecule has 13 heteroatoms. The van der Waals surface area contributed by atoms with E-state index < -0.39 is 58.8 Å². The Morgan fingerprint density at radius 2 is 1.06 bits per heavy atom. The van der Waals surface area contributed by atoms with E-state index in [4.69, 9.17) is 11.6 Å². The molecule has 0 saturated carbocycles. The predicted octanol–water partition coefficient (Wildman–Crippen LogP) is 4.50. The van der Waals surface area contributed by atoms with Gasteiger partial charge >= 0.3 is 0 Å². The van der Waals surface area contributed by atoms with Crippen LogP contribution < -0.4 is 9.44 Å². The third-order valence-electron chi connectivity index (χ3n) is 3.84. The molecule has 3 aromatic rings. The van der Waals surface area contributed by atoms with E-state index in [0.717, 1.165) is 24.3 Å². The fraction of sp³-hybridized carbons (Fsp3) is 0. The number of anilines is 2. The van der Waals surface area contributed by atoms with Gasteiger partial charge in [0.25, 0.3) is 20.0 Å². The molecular weight excluding hydrogens is 484 g/mol. The van der Waals surface area contributed by atoms with E-state index >= 15 is 0 Å². The molecule has 0 spiro atoms. The molecule has 0 atom stereocenters. The maximum atomic E-state index is 13.9. The van der Waals surface area contributed by atoms with Crippen LogP contribution in [0.4, 0.5) is 28.9 Å². The largest absolute Gasteiger partial charge is 0.277 e. The van der Waals surface area contributed by atoms with Crippen molar-refractivity contribution in [2.45, 2.75) is 9.79 Å². The molecule has 164 valence electrons. The average molecular weight is 495 g/mol. The van der Waals surface area contributed by atoms with Crippen molar-refractivity contribution >= 4 is 43.0 Å². The monoisotopic (exact) mass is 494 g/mol. The minimum Gasteiger partial charge on any atom is -0.277 e. The van der Waals surface area contributed by atoms with Crippen LogP contribution in [0.1, 0.15) is 0 Å². The lowest BCUT2D eigenvalue weighted by Crippen LogP contribution is -2.19. The zero-order valence-corrected chi connectivity index (χ0v) is 17.4. The lowest BCUT2D eigenvalue weighted by Gasteiger charge is -2.15. The van der Waals surface area contributed by atoms with Gasteiger partial charge in [0.15, 0.2) is 0 Å². The molecule has 3 aromatic carbocycles. The summed E-state index contributed by atoms with van der Waals surface area (Å²) >= 11 is 5.84. The summed E-state index contributed by atoms with van der Waals surface area (Å²) in [6.45, 7) is 0. The number of benzene rings is 3.